The predicted octanol–water partition coefficient (Wildman–Crippen LogP) is 3.21. The number of benzene rings is 2. The second kappa shape index (κ2) is 10.4. The van der Waals surface area contributed by atoms with Gasteiger partial charge >= 0.3 is 0 Å². The van der Waals surface area contributed by atoms with Crippen molar-refractivity contribution in [3.05, 3.63) is 87.8 Å². The van der Waals surface area contributed by atoms with E-state index in [0.717, 1.165) is 5.56 Å². The summed E-state index contributed by atoms with van der Waals surface area (Å²) in [6.07, 6.45) is -1.33. The normalized spacial score (nSPS) is 26.9. The molecule has 0 bridgehead atoms. The van der Waals surface area contributed by atoms with Crippen LogP contribution in [0.15, 0.2) is 65.8 Å². The van der Waals surface area contributed by atoms with Crippen LogP contribution in [0.3, 0.4) is 0 Å². The van der Waals surface area contributed by atoms with Crippen LogP contribution in [0, 0.1) is 5.92 Å². The summed E-state index contributed by atoms with van der Waals surface area (Å²) in [7, 11) is 4.76. The Morgan fingerprint density at radius 3 is 2.46 bits per heavy atom. The Kier molecular flexibility index (Phi) is 7.11. The molecule has 11 nitrogen and oxygen atoms in total. The van der Waals surface area contributed by atoms with E-state index in [1.165, 1.54) is 14.2 Å². The van der Waals surface area contributed by atoms with E-state index in [2.05, 4.69) is 15.0 Å². The minimum atomic E-state index is -2.00. The molecule has 1 saturated carbocycles. The Morgan fingerprint density at radius 2 is 1.85 bits per heavy atom. The minimum absolute atomic E-state index is 0.0531. The summed E-state index contributed by atoms with van der Waals surface area (Å²) in [5, 5.41) is 38.2. The summed E-state index contributed by atoms with van der Waals surface area (Å²) in [4.78, 5) is 9.18. The number of pyridine rings is 1. The lowest BCUT2D eigenvalue weighted by molar-refractivity contribution is -0.152. The maximum atomic E-state index is 12.9. The highest BCUT2D eigenvalue weighted by Crippen LogP contribution is 2.70. The molecule has 0 radical (unpaired) electrons. The van der Waals surface area contributed by atoms with E-state index in [0.29, 0.717) is 24.3 Å². The average molecular weight is 534 g/mol. The molecule has 2 heterocycles. The van der Waals surface area contributed by atoms with E-state index in [1.54, 1.807) is 30.3 Å². The number of rotatable bonds is 9. The smallest absolute Gasteiger partial charge is 0.226 e. The van der Waals surface area contributed by atoms with Crippen LogP contribution < -0.4 is 14.2 Å². The first-order valence-corrected chi connectivity index (χ1v) is 12.6. The first-order valence-electron chi connectivity index (χ1n) is 12.6. The van der Waals surface area contributed by atoms with Gasteiger partial charge in [0, 0.05) is 41.6 Å². The lowest BCUT2D eigenvalue weighted by atomic mass is 9.70. The van der Waals surface area contributed by atoms with E-state index in [4.69, 9.17) is 19.7 Å². The van der Waals surface area contributed by atoms with Crippen molar-refractivity contribution in [2.45, 2.75) is 23.2 Å². The molecule has 1 fully saturated rings. The number of hydrogen-bond acceptors (Lipinski definition) is 9. The van der Waals surface area contributed by atoms with Crippen LogP contribution in [0.1, 0.15) is 22.6 Å². The van der Waals surface area contributed by atoms with Crippen LogP contribution in [0.25, 0.3) is 10.4 Å². The van der Waals surface area contributed by atoms with Crippen molar-refractivity contribution in [3.8, 4) is 17.5 Å². The van der Waals surface area contributed by atoms with Crippen molar-refractivity contribution in [3.63, 3.8) is 0 Å². The third-order valence-electron chi connectivity index (χ3n) is 7.87. The molecule has 3 N–H and O–H groups in total. The van der Waals surface area contributed by atoms with Crippen LogP contribution in [-0.4, -0.2) is 72.3 Å². The van der Waals surface area contributed by atoms with Crippen molar-refractivity contribution in [2.75, 3.05) is 41.0 Å². The molecule has 1 aliphatic carbocycles. The quantitative estimate of drug-likeness (QED) is 0.215. The van der Waals surface area contributed by atoms with Gasteiger partial charge < -0.3 is 34.4 Å². The summed E-state index contributed by atoms with van der Waals surface area (Å²) < 4.78 is 17.8. The minimum Gasteiger partial charge on any atom is -0.481 e. The topological polar surface area (TPSA) is 153 Å². The summed E-state index contributed by atoms with van der Waals surface area (Å²) in [6.45, 7) is 0.686. The maximum Gasteiger partial charge on any atom is 0.226 e. The number of aromatic nitrogens is 1. The van der Waals surface area contributed by atoms with Gasteiger partial charge in [-0.2, -0.15) is 4.98 Å². The SMILES string of the molecule is COc1cc2c(c(OC)n1)[C@]1(O)[C@H](O)[C@H](CN(C)CCO)[C@@H](c3ccccc3)[C@]1(c1ccc(N=[N+]=[N-])cc1)O2. The summed E-state index contributed by atoms with van der Waals surface area (Å²) in [6, 6.07) is 17.9. The summed E-state index contributed by atoms with van der Waals surface area (Å²) >= 11 is 0. The molecule has 39 heavy (non-hydrogen) atoms. The first kappa shape index (κ1) is 26.7. The van der Waals surface area contributed by atoms with Crippen LogP contribution >= 0.6 is 0 Å². The molecule has 3 aromatic rings. The molecule has 1 aromatic heterocycles. The third kappa shape index (κ3) is 3.98. The molecular weight excluding hydrogens is 502 g/mol. The molecule has 0 unspecified atom stereocenters. The number of fused-ring (bicyclic) bond motifs is 3. The fourth-order valence-corrected chi connectivity index (χ4v) is 6.32. The predicted molar refractivity (Wildman–Crippen MR) is 142 cm³/mol. The van der Waals surface area contributed by atoms with E-state index < -0.39 is 29.1 Å². The van der Waals surface area contributed by atoms with Crippen LogP contribution in [0.2, 0.25) is 0 Å². The number of aliphatic hydroxyl groups excluding tert-OH is 2. The van der Waals surface area contributed by atoms with Crippen LogP contribution in [-0.2, 0) is 11.2 Å². The van der Waals surface area contributed by atoms with E-state index in [-0.39, 0.29) is 29.7 Å². The number of ether oxygens (including phenoxy) is 3. The van der Waals surface area contributed by atoms with Gasteiger partial charge in [0.1, 0.15) is 5.75 Å². The van der Waals surface area contributed by atoms with Crippen molar-refractivity contribution < 1.29 is 29.5 Å². The molecule has 11 heteroatoms. The number of hydrogen-bond donors (Lipinski definition) is 3. The van der Waals surface area contributed by atoms with Gasteiger partial charge in [-0.3, -0.25) is 0 Å². The van der Waals surface area contributed by atoms with Gasteiger partial charge in [-0.25, -0.2) is 0 Å². The first-order chi connectivity index (χ1) is 18.8. The number of methoxy groups -OCH3 is 2. The van der Waals surface area contributed by atoms with E-state index >= 15 is 0 Å². The molecule has 1 aliphatic heterocycles. The lowest BCUT2D eigenvalue weighted by Crippen LogP contribution is -2.52. The van der Waals surface area contributed by atoms with Crippen molar-refractivity contribution in [2.24, 2.45) is 11.0 Å². The Morgan fingerprint density at radius 1 is 1.13 bits per heavy atom. The molecule has 5 atom stereocenters. The van der Waals surface area contributed by atoms with Gasteiger partial charge in [-0.1, -0.05) is 59.7 Å². The largest absolute Gasteiger partial charge is 0.481 e. The van der Waals surface area contributed by atoms with Crippen molar-refractivity contribution in [1.82, 2.24) is 9.88 Å². The highest BCUT2D eigenvalue weighted by Gasteiger charge is 2.77. The second-order valence-electron chi connectivity index (χ2n) is 9.87. The monoisotopic (exact) mass is 533 g/mol. The van der Waals surface area contributed by atoms with Crippen LogP contribution in [0.4, 0.5) is 5.69 Å². The van der Waals surface area contributed by atoms with Gasteiger partial charge in [0.25, 0.3) is 0 Å². The molecule has 204 valence electrons. The molecule has 2 aliphatic rings. The van der Waals surface area contributed by atoms with E-state index in [1.807, 2.05) is 42.3 Å². The summed E-state index contributed by atoms with van der Waals surface area (Å²) in [5.74, 6) is -0.510. The number of likely N-dealkylation sites (N-methyl/N-ethyl adjacent to an activating group) is 1. The van der Waals surface area contributed by atoms with Gasteiger partial charge in [0.15, 0.2) is 11.2 Å². The molecule has 0 amide bonds. The zero-order chi connectivity index (χ0) is 27.8. The lowest BCUT2D eigenvalue weighted by Gasteiger charge is -2.41. The van der Waals surface area contributed by atoms with Crippen LogP contribution in [0.5, 0.6) is 17.5 Å². The van der Waals surface area contributed by atoms with Gasteiger partial charge in [-0.15, -0.1) is 0 Å². The van der Waals surface area contributed by atoms with Crippen molar-refractivity contribution in [1.29, 1.82) is 0 Å². The average Bonchev–Trinajstić information content (AvgIpc) is 3.32. The van der Waals surface area contributed by atoms with Crippen molar-refractivity contribution >= 4 is 5.69 Å². The molecule has 5 rings (SSSR count). The molecular formula is C28H31N5O6. The molecule has 2 aromatic carbocycles. The zero-order valence-electron chi connectivity index (χ0n) is 21.9. The Hall–Kier alpha value is -3.86. The molecule has 0 saturated heterocycles. The maximum absolute atomic E-state index is 12.9. The number of azide groups is 1. The fraction of sp³-hybridized carbons (Fsp3) is 0.393. The standard InChI is InChI=1S/C28H31N5O6/c1-33(13-14-34)16-20-23(17-7-5-4-6-8-17)28(18-9-11-19(12-10-18)31-32-29)27(36,25(20)35)24-21(39-28)15-22(37-2)30-26(24)38-3/h4-12,15,20,23,25,34-36H,13-14,16H2,1-3H3/t20-,23-,25-,27+,28+/m1/s1. The number of nitrogens with zero attached hydrogens (tertiary/aromatic N) is 5. The third-order valence-corrected chi connectivity index (χ3v) is 7.87. The highest BCUT2D eigenvalue weighted by atomic mass is 16.5. The fourth-order valence-electron chi connectivity index (χ4n) is 6.32. The summed E-state index contributed by atoms with van der Waals surface area (Å²) in [5.41, 5.74) is 7.42. The Labute approximate surface area is 225 Å². The van der Waals surface area contributed by atoms with Gasteiger partial charge in [0.05, 0.1) is 32.5 Å². The second-order valence-corrected chi connectivity index (χ2v) is 9.87. The van der Waals surface area contributed by atoms with E-state index in [9.17, 15) is 15.3 Å². The molecule has 0 spiro atoms. The zero-order valence-corrected chi connectivity index (χ0v) is 21.9. The van der Waals surface area contributed by atoms with Gasteiger partial charge in [0.2, 0.25) is 11.8 Å². The Bertz CT molecular complexity index is 1380. The highest BCUT2D eigenvalue weighted by molar-refractivity contribution is 5.60. The van der Waals surface area contributed by atoms with Gasteiger partial charge in [-0.05, 0) is 23.7 Å². The Balaban J connectivity index is 1.82. The number of aliphatic hydroxyl groups is 3.